The van der Waals surface area contributed by atoms with Crippen LogP contribution >= 0.6 is 11.8 Å². The topological polar surface area (TPSA) is 127 Å². The van der Waals surface area contributed by atoms with Crippen LogP contribution < -0.4 is 10.1 Å². The molecule has 190 valence electrons. The quantitative estimate of drug-likeness (QED) is 0.305. The molecule has 4 rings (SSSR count). The van der Waals surface area contributed by atoms with Crippen molar-refractivity contribution in [1.29, 1.82) is 0 Å². The van der Waals surface area contributed by atoms with Crippen molar-refractivity contribution in [2.75, 3.05) is 0 Å². The molecule has 1 aromatic carbocycles. The molecule has 8 nitrogen and oxygen atoms in total. The molecule has 0 atom stereocenters. The number of carbonyl (C=O) groups excluding carboxylic acids is 4. The molecule has 0 spiro atoms. The molecule has 2 aliphatic carbocycles. The highest BCUT2D eigenvalue weighted by molar-refractivity contribution is 8.18. The zero-order valence-electron chi connectivity index (χ0n) is 20.0. The predicted molar refractivity (Wildman–Crippen MR) is 134 cm³/mol. The average Bonchev–Trinajstić information content (AvgIpc) is 3.56. The van der Waals surface area contributed by atoms with Crippen LogP contribution in [0, 0.1) is 18.8 Å². The Morgan fingerprint density at radius 3 is 2.11 bits per heavy atom. The number of rotatable bonds is 6. The number of benzene rings is 1. The summed E-state index contributed by atoms with van der Waals surface area (Å²) in [5, 5.41) is 10.2. The van der Waals surface area contributed by atoms with E-state index in [1.165, 1.54) is 25.7 Å². The van der Waals surface area contributed by atoms with Gasteiger partial charge in [-0.3, -0.25) is 24.5 Å². The Balaban J connectivity index is 0.000000329. The summed E-state index contributed by atoms with van der Waals surface area (Å²) in [6.45, 7) is 3.85. The Bertz CT molecular complexity index is 947. The minimum Gasteiger partial charge on any atom is -0.481 e. The van der Waals surface area contributed by atoms with E-state index in [4.69, 9.17) is 14.6 Å². The third-order valence-corrected chi connectivity index (χ3v) is 7.04. The number of esters is 1. The standard InChI is InChI=1S/C18H19NO4S.C7H12O2.CH2O/c1-11-8-13(9-15-17(21)19-18(22)24-15)6-7-14(11)23-16(20)10-12-4-2-3-5-12;8-7(9)5-6-3-1-2-4-6;1-2/h6-9,12H,2-5,10H2,1H3,(H,19,21,22);6H,1-5H2,(H,8,9);1H2/b15-9-;;. The molecule has 1 saturated heterocycles. The average molecular weight is 504 g/mol. The molecule has 0 unspecified atom stereocenters. The Morgan fingerprint density at radius 1 is 1.06 bits per heavy atom. The summed E-state index contributed by atoms with van der Waals surface area (Å²) in [7, 11) is 0. The van der Waals surface area contributed by atoms with Gasteiger partial charge in [0, 0.05) is 12.8 Å². The molecule has 0 bridgehead atoms. The lowest BCUT2D eigenvalue weighted by Crippen LogP contribution is -2.17. The van der Waals surface area contributed by atoms with E-state index in [0.29, 0.717) is 35.3 Å². The summed E-state index contributed by atoms with van der Waals surface area (Å²) >= 11 is 0.883. The summed E-state index contributed by atoms with van der Waals surface area (Å²) in [4.78, 5) is 53.3. The number of carbonyl (C=O) groups is 5. The first kappa shape index (κ1) is 28.3. The Hall–Kier alpha value is -2.94. The number of carboxylic acids is 1. The number of imide groups is 1. The van der Waals surface area contributed by atoms with Crippen molar-refractivity contribution in [1.82, 2.24) is 5.32 Å². The third-order valence-electron chi connectivity index (χ3n) is 6.23. The summed E-state index contributed by atoms with van der Waals surface area (Å²) in [6.07, 6.45) is 11.9. The molecule has 0 aromatic heterocycles. The minimum atomic E-state index is -0.637. The van der Waals surface area contributed by atoms with Crippen molar-refractivity contribution < 1.29 is 33.8 Å². The second kappa shape index (κ2) is 14.5. The van der Waals surface area contributed by atoms with E-state index in [1.54, 1.807) is 18.2 Å². The molecule has 35 heavy (non-hydrogen) atoms. The molecule has 2 saturated carbocycles. The van der Waals surface area contributed by atoms with Crippen LogP contribution in [0.3, 0.4) is 0 Å². The van der Waals surface area contributed by atoms with Gasteiger partial charge in [-0.2, -0.15) is 0 Å². The lowest BCUT2D eigenvalue weighted by molar-refractivity contribution is -0.138. The zero-order valence-corrected chi connectivity index (χ0v) is 20.9. The Kier molecular flexibility index (Phi) is 11.7. The van der Waals surface area contributed by atoms with Crippen LogP contribution in [0.5, 0.6) is 5.75 Å². The fraction of sp³-hybridized carbons (Fsp3) is 0.500. The van der Waals surface area contributed by atoms with Gasteiger partial charge in [-0.05, 0) is 85.5 Å². The molecule has 2 amide bonds. The summed E-state index contributed by atoms with van der Waals surface area (Å²) in [5.41, 5.74) is 1.61. The first-order valence-electron chi connectivity index (χ1n) is 11.9. The summed E-state index contributed by atoms with van der Waals surface area (Å²) < 4.78 is 5.47. The Labute approximate surface area is 209 Å². The van der Waals surface area contributed by atoms with Crippen molar-refractivity contribution in [2.24, 2.45) is 11.8 Å². The van der Waals surface area contributed by atoms with Gasteiger partial charge >= 0.3 is 11.9 Å². The van der Waals surface area contributed by atoms with Crippen molar-refractivity contribution in [2.45, 2.75) is 71.1 Å². The monoisotopic (exact) mass is 503 g/mol. The number of hydrogen-bond donors (Lipinski definition) is 2. The van der Waals surface area contributed by atoms with Crippen LogP contribution in [0.1, 0.15) is 75.3 Å². The van der Waals surface area contributed by atoms with Crippen LogP contribution in [0.2, 0.25) is 0 Å². The SMILES string of the molecule is C=O.Cc1cc(/C=C2\SC(=O)NC2=O)ccc1OC(=O)CC1CCCC1.O=C(O)CC1CCCC1. The summed E-state index contributed by atoms with van der Waals surface area (Å²) in [6, 6.07) is 5.34. The van der Waals surface area contributed by atoms with E-state index in [2.05, 4.69) is 5.32 Å². The van der Waals surface area contributed by atoms with E-state index in [-0.39, 0.29) is 17.1 Å². The fourth-order valence-corrected chi connectivity index (χ4v) is 5.21. The van der Waals surface area contributed by atoms with Crippen LogP contribution in [0.4, 0.5) is 4.79 Å². The molecule has 1 heterocycles. The molecular weight excluding hydrogens is 470 g/mol. The second-order valence-electron chi connectivity index (χ2n) is 8.95. The normalized spacial score (nSPS) is 18.9. The van der Waals surface area contributed by atoms with Crippen LogP contribution in [0.15, 0.2) is 23.1 Å². The Morgan fingerprint density at radius 2 is 1.63 bits per heavy atom. The van der Waals surface area contributed by atoms with Gasteiger partial charge < -0.3 is 14.6 Å². The minimum absolute atomic E-state index is 0.188. The highest BCUT2D eigenvalue weighted by Crippen LogP contribution is 2.30. The molecular formula is C26H33NO7S. The van der Waals surface area contributed by atoms with Gasteiger partial charge in [-0.25, -0.2) is 0 Å². The maximum atomic E-state index is 12.0. The number of nitrogens with one attached hydrogen (secondary N) is 1. The number of ether oxygens (including phenoxy) is 1. The highest BCUT2D eigenvalue weighted by Gasteiger charge is 2.25. The number of aryl methyl sites for hydroxylation is 1. The van der Waals surface area contributed by atoms with Gasteiger partial charge in [-0.15, -0.1) is 0 Å². The van der Waals surface area contributed by atoms with E-state index < -0.39 is 5.97 Å². The number of thioether (sulfide) groups is 1. The molecule has 3 aliphatic rings. The molecule has 2 N–H and O–H groups in total. The number of hydrogen-bond acceptors (Lipinski definition) is 7. The number of carboxylic acid groups (broad SMARTS) is 1. The maximum Gasteiger partial charge on any atom is 0.311 e. The lowest BCUT2D eigenvalue weighted by Gasteiger charge is -2.11. The highest BCUT2D eigenvalue weighted by atomic mass is 32.2. The van der Waals surface area contributed by atoms with Gasteiger partial charge in [0.1, 0.15) is 12.5 Å². The molecule has 9 heteroatoms. The second-order valence-corrected chi connectivity index (χ2v) is 9.97. The van der Waals surface area contributed by atoms with Crippen molar-refractivity contribution in [3.05, 3.63) is 34.2 Å². The van der Waals surface area contributed by atoms with Gasteiger partial charge in [0.05, 0.1) is 4.91 Å². The van der Waals surface area contributed by atoms with Crippen molar-refractivity contribution in [3.8, 4) is 5.75 Å². The van der Waals surface area contributed by atoms with E-state index in [9.17, 15) is 19.2 Å². The van der Waals surface area contributed by atoms with Crippen LogP contribution in [-0.4, -0.2) is 35.0 Å². The van der Waals surface area contributed by atoms with Crippen LogP contribution in [0.25, 0.3) is 6.08 Å². The predicted octanol–water partition coefficient (Wildman–Crippen LogP) is 5.27. The zero-order chi connectivity index (χ0) is 25.8. The molecule has 0 radical (unpaired) electrons. The molecule has 1 aromatic rings. The number of aliphatic carboxylic acids is 1. The first-order valence-corrected chi connectivity index (χ1v) is 12.7. The van der Waals surface area contributed by atoms with E-state index in [1.807, 2.05) is 19.8 Å². The van der Waals surface area contributed by atoms with Gasteiger partial charge in [0.2, 0.25) is 0 Å². The largest absolute Gasteiger partial charge is 0.481 e. The molecule has 3 fully saturated rings. The van der Waals surface area contributed by atoms with Crippen molar-refractivity contribution in [3.63, 3.8) is 0 Å². The van der Waals surface area contributed by atoms with Crippen molar-refractivity contribution >= 4 is 47.7 Å². The smallest absolute Gasteiger partial charge is 0.311 e. The van der Waals surface area contributed by atoms with Gasteiger partial charge in [0.15, 0.2) is 0 Å². The first-order chi connectivity index (χ1) is 16.8. The molecule has 1 aliphatic heterocycles. The third kappa shape index (κ3) is 9.68. The maximum absolute atomic E-state index is 12.0. The van der Waals surface area contributed by atoms with Gasteiger partial charge in [0.25, 0.3) is 11.1 Å². The number of amides is 2. The van der Waals surface area contributed by atoms with Gasteiger partial charge in [-0.1, -0.05) is 31.7 Å². The lowest BCUT2D eigenvalue weighted by atomic mass is 10.0. The van der Waals surface area contributed by atoms with E-state index in [0.717, 1.165) is 48.6 Å². The van der Waals surface area contributed by atoms with Crippen LogP contribution in [-0.2, 0) is 19.2 Å². The van der Waals surface area contributed by atoms with E-state index >= 15 is 0 Å². The summed E-state index contributed by atoms with van der Waals surface area (Å²) in [5.74, 6) is 0.281. The fourth-order valence-electron chi connectivity index (χ4n) is 4.53.